The Morgan fingerprint density at radius 1 is 1.33 bits per heavy atom. The van der Waals surface area contributed by atoms with Crippen LogP contribution in [0, 0.1) is 0 Å². The first-order valence-electron chi connectivity index (χ1n) is 5.37. The largest absolute Gasteiger partial charge is 0.297 e. The summed E-state index contributed by atoms with van der Waals surface area (Å²) >= 11 is 9.68. The lowest BCUT2D eigenvalue weighted by molar-refractivity contribution is 0.263. The molecule has 1 aromatic carbocycles. The van der Waals surface area contributed by atoms with Crippen LogP contribution < -0.4 is 0 Å². The van der Waals surface area contributed by atoms with Gasteiger partial charge in [-0.2, -0.15) is 0 Å². The Morgan fingerprint density at radius 2 is 2.00 bits per heavy atom. The summed E-state index contributed by atoms with van der Waals surface area (Å²) in [6.07, 6.45) is 2.64. The van der Waals surface area contributed by atoms with Gasteiger partial charge in [-0.05, 0) is 50.6 Å². The molecule has 0 saturated carbocycles. The SMILES string of the molecule is CC(c1ccc(Br)cc1Cl)N1CCCC1. The zero-order chi connectivity index (χ0) is 10.8. The Bertz CT molecular complexity index is 347. The van der Waals surface area contributed by atoms with Gasteiger partial charge < -0.3 is 0 Å². The van der Waals surface area contributed by atoms with Crippen molar-refractivity contribution in [2.24, 2.45) is 0 Å². The van der Waals surface area contributed by atoms with Gasteiger partial charge in [-0.15, -0.1) is 0 Å². The van der Waals surface area contributed by atoms with Gasteiger partial charge in [0.2, 0.25) is 0 Å². The molecule has 1 atom stereocenters. The summed E-state index contributed by atoms with van der Waals surface area (Å²) in [6.45, 7) is 4.64. The summed E-state index contributed by atoms with van der Waals surface area (Å²) < 4.78 is 1.05. The van der Waals surface area contributed by atoms with Crippen molar-refractivity contribution < 1.29 is 0 Å². The molecular weight excluding hydrogens is 273 g/mol. The van der Waals surface area contributed by atoms with E-state index in [-0.39, 0.29) is 0 Å². The molecule has 1 aliphatic rings. The Hall–Kier alpha value is -0.0500. The van der Waals surface area contributed by atoms with Crippen molar-refractivity contribution in [3.63, 3.8) is 0 Å². The van der Waals surface area contributed by atoms with Gasteiger partial charge in [0.1, 0.15) is 0 Å². The second-order valence-corrected chi connectivity index (χ2v) is 5.41. The van der Waals surface area contributed by atoms with Gasteiger partial charge in [0.05, 0.1) is 0 Å². The molecule has 1 unspecified atom stereocenters. The van der Waals surface area contributed by atoms with Crippen molar-refractivity contribution in [3.8, 4) is 0 Å². The lowest BCUT2D eigenvalue weighted by Crippen LogP contribution is -2.23. The van der Waals surface area contributed by atoms with Gasteiger partial charge in [-0.1, -0.05) is 33.6 Å². The number of nitrogens with zero attached hydrogens (tertiary/aromatic N) is 1. The smallest absolute Gasteiger partial charge is 0.0464 e. The van der Waals surface area contributed by atoms with E-state index in [4.69, 9.17) is 11.6 Å². The molecule has 15 heavy (non-hydrogen) atoms. The van der Waals surface area contributed by atoms with Crippen LogP contribution in [0.3, 0.4) is 0 Å². The van der Waals surface area contributed by atoms with Crippen LogP contribution in [0.25, 0.3) is 0 Å². The monoisotopic (exact) mass is 287 g/mol. The Kier molecular flexibility index (Phi) is 3.70. The lowest BCUT2D eigenvalue weighted by atomic mass is 10.1. The van der Waals surface area contributed by atoms with E-state index in [1.54, 1.807) is 0 Å². The van der Waals surface area contributed by atoms with Crippen LogP contribution in [0.2, 0.25) is 5.02 Å². The normalized spacial score (nSPS) is 19.4. The molecule has 0 amide bonds. The van der Waals surface area contributed by atoms with Crippen LogP contribution >= 0.6 is 27.5 Å². The van der Waals surface area contributed by atoms with Gasteiger partial charge in [0, 0.05) is 15.5 Å². The van der Waals surface area contributed by atoms with Gasteiger partial charge >= 0.3 is 0 Å². The molecule has 82 valence electrons. The van der Waals surface area contributed by atoms with E-state index < -0.39 is 0 Å². The summed E-state index contributed by atoms with van der Waals surface area (Å²) in [5, 5.41) is 0.865. The zero-order valence-corrected chi connectivity index (χ0v) is 11.2. The minimum atomic E-state index is 0.438. The maximum atomic E-state index is 6.25. The number of hydrogen-bond donors (Lipinski definition) is 0. The molecule has 0 spiro atoms. The molecule has 1 saturated heterocycles. The number of likely N-dealkylation sites (tertiary alicyclic amines) is 1. The van der Waals surface area contributed by atoms with E-state index in [9.17, 15) is 0 Å². The van der Waals surface area contributed by atoms with Crippen LogP contribution in [-0.2, 0) is 0 Å². The van der Waals surface area contributed by atoms with Crippen molar-refractivity contribution >= 4 is 27.5 Å². The lowest BCUT2D eigenvalue weighted by Gasteiger charge is -2.24. The van der Waals surface area contributed by atoms with Crippen LogP contribution in [0.15, 0.2) is 22.7 Å². The van der Waals surface area contributed by atoms with E-state index in [0.717, 1.165) is 9.50 Å². The minimum absolute atomic E-state index is 0.438. The molecule has 1 nitrogen and oxygen atoms in total. The van der Waals surface area contributed by atoms with Crippen LogP contribution in [-0.4, -0.2) is 18.0 Å². The Morgan fingerprint density at radius 3 is 2.60 bits per heavy atom. The van der Waals surface area contributed by atoms with Crippen molar-refractivity contribution in [2.45, 2.75) is 25.8 Å². The fraction of sp³-hybridized carbons (Fsp3) is 0.500. The van der Waals surface area contributed by atoms with Crippen LogP contribution in [0.1, 0.15) is 31.4 Å². The second kappa shape index (κ2) is 4.86. The summed E-state index contributed by atoms with van der Waals surface area (Å²) in [4.78, 5) is 2.50. The standard InChI is InChI=1S/C12H15BrClN/c1-9(15-6-2-3-7-15)11-5-4-10(13)8-12(11)14/h4-5,8-9H,2-3,6-7H2,1H3. The maximum absolute atomic E-state index is 6.25. The highest BCUT2D eigenvalue weighted by Gasteiger charge is 2.20. The molecule has 1 fully saturated rings. The van der Waals surface area contributed by atoms with Crippen LogP contribution in [0.4, 0.5) is 0 Å². The number of benzene rings is 1. The second-order valence-electron chi connectivity index (χ2n) is 4.08. The van der Waals surface area contributed by atoms with Crippen molar-refractivity contribution in [1.82, 2.24) is 4.90 Å². The van der Waals surface area contributed by atoms with Gasteiger partial charge in [0.25, 0.3) is 0 Å². The molecular formula is C12H15BrClN. The first-order chi connectivity index (χ1) is 7.18. The third kappa shape index (κ3) is 2.55. The fourth-order valence-corrected chi connectivity index (χ4v) is 3.00. The number of hydrogen-bond acceptors (Lipinski definition) is 1. The van der Waals surface area contributed by atoms with Gasteiger partial charge in [0.15, 0.2) is 0 Å². The molecule has 3 heteroatoms. The highest BCUT2D eigenvalue weighted by Crippen LogP contribution is 2.31. The van der Waals surface area contributed by atoms with Gasteiger partial charge in [-0.25, -0.2) is 0 Å². The maximum Gasteiger partial charge on any atom is 0.0464 e. The average Bonchev–Trinajstić information content (AvgIpc) is 2.69. The third-order valence-electron chi connectivity index (χ3n) is 3.10. The summed E-state index contributed by atoms with van der Waals surface area (Å²) in [5.74, 6) is 0. The van der Waals surface area contributed by atoms with Crippen molar-refractivity contribution in [3.05, 3.63) is 33.3 Å². The molecule has 0 aromatic heterocycles. The summed E-state index contributed by atoms with van der Waals surface area (Å²) in [5.41, 5.74) is 1.24. The van der Waals surface area contributed by atoms with E-state index in [2.05, 4.69) is 39.9 Å². The molecule has 1 aliphatic heterocycles. The number of rotatable bonds is 2. The highest BCUT2D eigenvalue weighted by molar-refractivity contribution is 9.10. The quantitative estimate of drug-likeness (QED) is 0.786. The summed E-state index contributed by atoms with van der Waals surface area (Å²) in [7, 11) is 0. The third-order valence-corrected chi connectivity index (χ3v) is 3.92. The Balaban J connectivity index is 2.20. The molecule has 0 N–H and O–H groups in total. The minimum Gasteiger partial charge on any atom is -0.297 e. The first kappa shape index (κ1) is 11.4. The molecule has 2 rings (SSSR count). The molecule has 1 heterocycles. The van der Waals surface area contributed by atoms with Crippen molar-refractivity contribution in [1.29, 1.82) is 0 Å². The van der Waals surface area contributed by atoms with Gasteiger partial charge in [-0.3, -0.25) is 4.90 Å². The topological polar surface area (TPSA) is 3.24 Å². The molecule has 1 aromatic rings. The molecule has 0 aliphatic carbocycles. The first-order valence-corrected chi connectivity index (χ1v) is 6.54. The zero-order valence-electron chi connectivity index (χ0n) is 8.84. The van der Waals surface area contributed by atoms with E-state index >= 15 is 0 Å². The predicted octanol–water partition coefficient (Wildman–Crippen LogP) is 4.26. The molecule has 0 bridgehead atoms. The Labute approximate surface area is 105 Å². The van der Waals surface area contributed by atoms with Crippen molar-refractivity contribution in [2.75, 3.05) is 13.1 Å². The molecule has 0 radical (unpaired) electrons. The van der Waals surface area contributed by atoms with Crippen LogP contribution in [0.5, 0.6) is 0 Å². The van der Waals surface area contributed by atoms with E-state index in [1.165, 1.54) is 31.5 Å². The predicted molar refractivity (Wildman–Crippen MR) is 68.4 cm³/mol. The summed E-state index contributed by atoms with van der Waals surface area (Å²) in [6, 6.07) is 6.60. The highest BCUT2D eigenvalue weighted by atomic mass is 79.9. The van der Waals surface area contributed by atoms with E-state index in [0.29, 0.717) is 6.04 Å². The average molecular weight is 289 g/mol. The van der Waals surface area contributed by atoms with E-state index in [1.807, 2.05) is 6.07 Å². The number of halogens is 2. The fourth-order valence-electron chi connectivity index (χ4n) is 2.17.